The van der Waals surface area contributed by atoms with Gasteiger partial charge in [-0.2, -0.15) is 5.26 Å². The highest BCUT2D eigenvalue weighted by molar-refractivity contribution is 6.33. The number of nitrogens with zero attached hydrogens (tertiary/aromatic N) is 2. The number of hydrogen-bond donors (Lipinski definition) is 1. The van der Waals surface area contributed by atoms with E-state index in [0.29, 0.717) is 28.1 Å². The van der Waals surface area contributed by atoms with E-state index >= 15 is 0 Å². The first-order chi connectivity index (χ1) is 11.7. The molecule has 1 aromatic heterocycles. The quantitative estimate of drug-likeness (QED) is 0.837. The van der Waals surface area contributed by atoms with Gasteiger partial charge in [-0.1, -0.05) is 37.0 Å². The number of carboxylic acids is 1. The Morgan fingerprint density at radius 1 is 1.28 bits per heavy atom. The van der Waals surface area contributed by atoms with Gasteiger partial charge in [0.15, 0.2) is 0 Å². The molecule has 0 bridgehead atoms. The van der Waals surface area contributed by atoms with E-state index in [-0.39, 0.29) is 10.9 Å². The number of benzene rings is 1. The van der Waals surface area contributed by atoms with E-state index in [9.17, 15) is 20.0 Å². The van der Waals surface area contributed by atoms with Crippen LogP contribution < -0.4 is 5.56 Å². The Labute approximate surface area is 155 Å². The van der Waals surface area contributed by atoms with Gasteiger partial charge < -0.3 is 5.11 Å². The highest BCUT2D eigenvalue weighted by atomic mass is 35.5. The molecule has 2 aromatic rings. The highest BCUT2D eigenvalue weighted by Crippen LogP contribution is 2.32. The van der Waals surface area contributed by atoms with Crippen molar-refractivity contribution in [2.24, 2.45) is 5.92 Å². The zero-order chi connectivity index (χ0) is 18.7. The van der Waals surface area contributed by atoms with Crippen molar-refractivity contribution in [3.8, 4) is 17.2 Å². The van der Waals surface area contributed by atoms with Gasteiger partial charge in [0.05, 0.1) is 16.7 Å². The summed E-state index contributed by atoms with van der Waals surface area (Å²) < 4.78 is 1.12. The molecule has 0 saturated heterocycles. The molecule has 1 heterocycles. The van der Waals surface area contributed by atoms with Gasteiger partial charge in [0.25, 0.3) is 5.56 Å². The van der Waals surface area contributed by atoms with Gasteiger partial charge >= 0.3 is 5.97 Å². The molecule has 0 amide bonds. The van der Waals surface area contributed by atoms with Gasteiger partial charge in [-0.25, -0.2) is 4.79 Å². The van der Waals surface area contributed by atoms with Crippen LogP contribution in [0.25, 0.3) is 11.1 Å². The number of nitriles is 1. The number of rotatable bonds is 5. The van der Waals surface area contributed by atoms with Crippen LogP contribution in [0, 0.1) is 17.2 Å². The number of hydrogen-bond acceptors (Lipinski definition) is 3. The minimum atomic E-state index is -1.10. The molecule has 1 aromatic carbocycles. The van der Waals surface area contributed by atoms with Crippen molar-refractivity contribution in [2.75, 3.05) is 0 Å². The highest BCUT2D eigenvalue weighted by Gasteiger charge is 2.23. The van der Waals surface area contributed by atoms with Gasteiger partial charge in [0.1, 0.15) is 6.04 Å². The molecule has 0 radical (unpaired) electrons. The van der Waals surface area contributed by atoms with Crippen molar-refractivity contribution >= 4 is 29.2 Å². The number of aromatic nitrogens is 1. The molecule has 25 heavy (non-hydrogen) atoms. The van der Waals surface area contributed by atoms with Crippen molar-refractivity contribution in [2.45, 2.75) is 26.3 Å². The number of carboxylic acid groups (broad SMARTS) is 1. The third kappa shape index (κ3) is 4.22. The lowest BCUT2D eigenvalue weighted by Gasteiger charge is -2.19. The maximum absolute atomic E-state index is 12.5. The SMILES string of the molecule is CC(C)CC(C(=O)O)n1cc(Cl)c(-c2cc(Cl)ccc2C#N)cc1=O. The monoisotopic (exact) mass is 378 g/mol. The predicted octanol–water partition coefficient (Wildman–Crippen LogP) is 4.37. The molecule has 0 saturated carbocycles. The average molecular weight is 379 g/mol. The Balaban J connectivity index is 2.62. The molecule has 0 aliphatic rings. The molecule has 0 aliphatic carbocycles. The normalized spacial score (nSPS) is 12.0. The van der Waals surface area contributed by atoms with Crippen molar-refractivity contribution in [1.82, 2.24) is 4.57 Å². The molecular weight excluding hydrogens is 363 g/mol. The van der Waals surface area contributed by atoms with E-state index in [1.165, 1.54) is 12.3 Å². The van der Waals surface area contributed by atoms with Gasteiger partial charge in [-0.3, -0.25) is 9.36 Å². The van der Waals surface area contributed by atoms with Crippen LogP contribution in [0.3, 0.4) is 0 Å². The lowest BCUT2D eigenvalue weighted by atomic mass is 10.0. The maximum atomic E-state index is 12.5. The van der Waals surface area contributed by atoms with Crippen LogP contribution in [0.5, 0.6) is 0 Å². The first-order valence-electron chi connectivity index (χ1n) is 7.59. The van der Waals surface area contributed by atoms with Crippen LogP contribution in [0.15, 0.2) is 35.3 Å². The van der Waals surface area contributed by atoms with Crippen molar-refractivity contribution in [1.29, 1.82) is 5.26 Å². The minimum Gasteiger partial charge on any atom is -0.480 e. The van der Waals surface area contributed by atoms with Gasteiger partial charge in [-0.15, -0.1) is 0 Å². The molecule has 130 valence electrons. The van der Waals surface area contributed by atoms with Gasteiger partial charge in [-0.05, 0) is 30.5 Å². The lowest BCUT2D eigenvalue weighted by Crippen LogP contribution is -2.30. The fourth-order valence-corrected chi connectivity index (χ4v) is 3.02. The molecule has 2 rings (SSSR count). The molecule has 5 nitrogen and oxygen atoms in total. The zero-order valence-corrected chi connectivity index (χ0v) is 15.2. The summed E-state index contributed by atoms with van der Waals surface area (Å²) in [6, 6.07) is 6.93. The fraction of sp³-hybridized carbons (Fsp3) is 0.278. The van der Waals surface area contributed by atoms with Crippen LogP contribution in [0.2, 0.25) is 10.0 Å². The smallest absolute Gasteiger partial charge is 0.326 e. The molecule has 1 atom stereocenters. The first-order valence-corrected chi connectivity index (χ1v) is 8.34. The minimum absolute atomic E-state index is 0.0876. The van der Waals surface area contributed by atoms with Crippen molar-refractivity contribution < 1.29 is 9.90 Å². The van der Waals surface area contributed by atoms with Gasteiger partial charge in [0, 0.05) is 28.4 Å². The maximum Gasteiger partial charge on any atom is 0.326 e. The van der Waals surface area contributed by atoms with E-state index in [4.69, 9.17) is 23.2 Å². The number of halogens is 2. The second kappa shape index (κ2) is 7.73. The second-order valence-electron chi connectivity index (χ2n) is 6.07. The molecule has 0 fully saturated rings. The number of pyridine rings is 1. The average Bonchev–Trinajstić information content (AvgIpc) is 2.54. The summed E-state index contributed by atoms with van der Waals surface area (Å²) in [5.41, 5.74) is 0.590. The van der Waals surface area contributed by atoms with E-state index in [1.54, 1.807) is 18.2 Å². The summed E-state index contributed by atoms with van der Waals surface area (Å²) in [4.78, 5) is 24.0. The van der Waals surface area contributed by atoms with E-state index in [1.807, 2.05) is 19.9 Å². The van der Waals surface area contributed by atoms with Crippen LogP contribution in [-0.2, 0) is 4.79 Å². The summed E-state index contributed by atoms with van der Waals surface area (Å²) in [5, 5.41) is 19.3. The zero-order valence-electron chi connectivity index (χ0n) is 13.7. The largest absolute Gasteiger partial charge is 0.480 e. The Hall–Kier alpha value is -2.29. The first kappa shape index (κ1) is 19.0. The standard InChI is InChI=1S/C18H16Cl2N2O3/c1-10(2)5-16(18(24)25)22-9-15(20)14(7-17(22)23)13-6-12(19)4-3-11(13)8-21/h3-4,6-7,9-10,16H,5H2,1-2H3,(H,24,25). The Kier molecular flexibility index (Phi) is 5.89. The summed E-state index contributed by atoms with van der Waals surface area (Å²) in [5.74, 6) is -1.01. The Bertz CT molecular complexity index is 914. The fourth-order valence-electron chi connectivity index (χ4n) is 2.59. The lowest BCUT2D eigenvalue weighted by molar-refractivity contribution is -0.141. The molecule has 7 heteroatoms. The van der Waals surface area contributed by atoms with E-state index < -0.39 is 17.6 Å². The third-order valence-corrected chi connectivity index (χ3v) is 4.28. The van der Waals surface area contributed by atoms with Crippen LogP contribution >= 0.6 is 23.2 Å². The second-order valence-corrected chi connectivity index (χ2v) is 6.91. The predicted molar refractivity (Wildman–Crippen MR) is 97.0 cm³/mol. The van der Waals surface area contributed by atoms with Crippen molar-refractivity contribution in [3.05, 3.63) is 56.4 Å². The molecule has 0 aliphatic heterocycles. The molecule has 1 unspecified atom stereocenters. The molecule has 1 N–H and O–H groups in total. The summed E-state index contributed by atoms with van der Waals surface area (Å²) >= 11 is 12.3. The van der Waals surface area contributed by atoms with Gasteiger partial charge in [0.2, 0.25) is 0 Å². The van der Waals surface area contributed by atoms with Crippen molar-refractivity contribution in [3.63, 3.8) is 0 Å². The topological polar surface area (TPSA) is 83.1 Å². The summed E-state index contributed by atoms with van der Waals surface area (Å²) in [6.45, 7) is 3.75. The molecular formula is C18H16Cl2N2O3. The Morgan fingerprint density at radius 2 is 1.96 bits per heavy atom. The third-order valence-electron chi connectivity index (χ3n) is 3.74. The summed E-state index contributed by atoms with van der Waals surface area (Å²) in [6.07, 6.45) is 1.61. The number of carbonyl (C=O) groups is 1. The van der Waals surface area contributed by atoms with Crippen LogP contribution in [0.4, 0.5) is 0 Å². The van der Waals surface area contributed by atoms with Crippen LogP contribution in [0.1, 0.15) is 31.9 Å². The van der Waals surface area contributed by atoms with E-state index in [2.05, 4.69) is 0 Å². The number of aliphatic carboxylic acids is 1. The Morgan fingerprint density at radius 3 is 2.52 bits per heavy atom. The van der Waals surface area contributed by atoms with E-state index in [0.717, 1.165) is 4.57 Å². The molecule has 0 spiro atoms. The summed E-state index contributed by atoms with van der Waals surface area (Å²) in [7, 11) is 0. The van der Waals surface area contributed by atoms with Crippen LogP contribution in [-0.4, -0.2) is 15.6 Å².